The van der Waals surface area contributed by atoms with Crippen molar-refractivity contribution in [3.8, 4) is 0 Å². The summed E-state index contributed by atoms with van der Waals surface area (Å²) in [6.45, 7) is 13.5. The van der Waals surface area contributed by atoms with Crippen LogP contribution in [0.5, 0.6) is 0 Å². The van der Waals surface area contributed by atoms with Gasteiger partial charge in [0.15, 0.2) is 0 Å². The van der Waals surface area contributed by atoms with Gasteiger partial charge in [-0.3, -0.25) is 19.2 Å². The van der Waals surface area contributed by atoms with Crippen LogP contribution in [0.4, 0.5) is 0 Å². The summed E-state index contributed by atoms with van der Waals surface area (Å²) in [6, 6.07) is 0. The van der Waals surface area contributed by atoms with E-state index >= 15 is 0 Å². The number of carbonyl (C=O) groups is 4. The van der Waals surface area contributed by atoms with Crippen LogP contribution in [-0.4, -0.2) is 59.4 Å². The SMILES string of the molecule is C=C(C)C(=O)N1CCC(C(=O)CC2CCCC(CC3CCCC(CC(=O)C4CCN(C(=O)C(=C)C)C4)C3)C2)C1. The van der Waals surface area contributed by atoms with Crippen LogP contribution in [0.2, 0.25) is 0 Å². The van der Waals surface area contributed by atoms with Crippen LogP contribution in [0, 0.1) is 35.5 Å². The molecule has 0 aromatic rings. The Hall–Kier alpha value is -2.24. The second-order valence-corrected chi connectivity index (χ2v) is 13.4. The summed E-state index contributed by atoms with van der Waals surface area (Å²) in [6.07, 6.45) is 13.7. The standard InChI is InChI=1S/C33H50N2O4/c1-22(2)32(38)34-13-11-28(20-34)30(36)18-26-9-5-7-24(16-26)15-25-8-6-10-27(17-25)19-31(37)29-12-14-35(21-29)33(39)23(3)4/h24-29H,1,3,5-21H2,2,4H3. The van der Waals surface area contributed by atoms with Gasteiger partial charge in [-0.2, -0.15) is 0 Å². The van der Waals surface area contributed by atoms with Crippen molar-refractivity contribution in [2.75, 3.05) is 26.2 Å². The molecule has 6 heteroatoms. The van der Waals surface area contributed by atoms with E-state index in [1.807, 2.05) is 0 Å². The zero-order valence-electron chi connectivity index (χ0n) is 24.4. The van der Waals surface area contributed by atoms with Gasteiger partial charge in [-0.1, -0.05) is 51.7 Å². The molecular formula is C33H50N2O4. The minimum atomic E-state index is -0.0152. The topological polar surface area (TPSA) is 74.8 Å². The Morgan fingerprint density at radius 3 is 1.38 bits per heavy atom. The third kappa shape index (κ3) is 7.91. The fourth-order valence-electron chi connectivity index (χ4n) is 7.93. The molecule has 0 aromatic carbocycles. The first-order valence-corrected chi connectivity index (χ1v) is 15.6. The van der Waals surface area contributed by atoms with Crippen molar-refractivity contribution in [2.45, 2.75) is 97.3 Å². The summed E-state index contributed by atoms with van der Waals surface area (Å²) in [7, 11) is 0. The molecule has 2 saturated heterocycles. The van der Waals surface area contributed by atoms with Crippen LogP contribution in [0.25, 0.3) is 0 Å². The van der Waals surface area contributed by atoms with E-state index in [0.717, 1.165) is 38.5 Å². The zero-order valence-corrected chi connectivity index (χ0v) is 24.4. The third-order valence-corrected chi connectivity index (χ3v) is 10.0. The van der Waals surface area contributed by atoms with Crippen LogP contribution in [0.1, 0.15) is 97.3 Å². The fourth-order valence-corrected chi connectivity index (χ4v) is 7.93. The van der Waals surface area contributed by atoms with Gasteiger partial charge in [0, 0.05) is 62.0 Å². The first-order chi connectivity index (χ1) is 18.6. The highest BCUT2D eigenvalue weighted by atomic mass is 16.2. The first kappa shape index (κ1) is 29.7. The lowest BCUT2D eigenvalue weighted by molar-refractivity contribution is -0.128. The van der Waals surface area contributed by atoms with Gasteiger partial charge in [0.1, 0.15) is 11.6 Å². The van der Waals surface area contributed by atoms with Crippen molar-refractivity contribution in [2.24, 2.45) is 35.5 Å². The number of Topliss-reactive ketones (excluding diaryl/α,β-unsaturated/α-hetero) is 2. The highest BCUT2D eigenvalue weighted by molar-refractivity contribution is 5.94. The van der Waals surface area contributed by atoms with Crippen LogP contribution in [-0.2, 0) is 19.2 Å². The Labute approximate surface area is 235 Å². The smallest absolute Gasteiger partial charge is 0.248 e. The molecule has 2 aliphatic carbocycles. The summed E-state index contributed by atoms with van der Waals surface area (Å²) in [5, 5.41) is 0. The van der Waals surface area contributed by atoms with E-state index in [1.54, 1.807) is 23.6 Å². The highest BCUT2D eigenvalue weighted by Crippen LogP contribution is 2.41. The molecule has 2 heterocycles. The van der Waals surface area contributed by atoms with Gasteiger partial charge in [0.05, 0.1) is 0 Å². The summed E-state index contributed by atoms with van der Waals surface area (Å²) >= 11 is 0. The van der Waals surface area contributed by atoms with Gasteiger partial charge in [-0.05, 0) is 69.6 Å². The average molecular weight is 539 g/mol. The predicted octanol–water partition coefficient (Wildman–Crippen LogP) is 5.76. The maximum Gasteiger partial charge on any atom is 0.248 e. The third-order valence-electron chi connectivity index (χ3n) is 10.0. The van der Waals surface area contributed by atoms with E-state index in [2.05, 4.69) is 13.2 Å². The number of likely N-dealkylation sites (tertiary alicyclic amines) is 2. The summed E-state index contributed by atoms with van der Waals surface area (Å²) in [5.74, 6) is 3.01. The fraction of sp³-hybridized carbons (Fsp3) is 0.758. The van der Waals surface area contributed by atoms with Crippen molar-refractivity contribution in [1.29, 1.82) is 0 Å². The molecule has 2 aliphatic heterocycles. The van der Waals surface area contributed by atoms with Crippen LogP contribution < -0.4 is 0 Å². The molecule has 2 amide bonds. The lowest BCUT2D eigenvalue weighted by Crippen LogP contribution is -2.31. The number of hydrogen-bond donors (Lipinski definition) is 0. The van der Waals surface area contributed by atoms with Gasteiger partial charge < -0.3 is 9.80 Å². The van der Waals surface area contributed by atoms with Crippen molar-refractivity contribution >= 4 is 23.4 Å². The molecule has 6 unspecified atom stereocenters. The van der Waals surface area contributed by atoms with Crippen LogP contribution >= 0.6 is 0 Å². The Morgan fingerprint density at radius 2 is 1.00 bits per heavy atom. The van der Waals surface area contributed by atoms with Gasteiger partial charge >= 0.3 is 0 Å². The molecule has 0 radical (unpaired) electrons. The number of rotatable bonds is 10. The lowest BCUT2D eigenvalue weighted by Gasteiger charge is -2.35. The van der Waals surface area contributed by atoms with E-state index < -0.39 is 0 Å². The Bertz CT molecular complexity index is 895. The molecular weight excluding hydrogens is 488 g/mol. The Balaban J connectivity index is 1.19. The zero-order chi connectivity index (χ0) is 28.1. The summed E-state index contributed by atoms with van der Waals surface area (Å²) in [4.78, 5) is 54.2. The maximum absolute atomic E-state index is 13.1. The number of ketones is 2. The van der Waals surface area contributed by atoms with Gasteiger partial charge in [0.25, 0.3) is 0 Å². The molecule has 4 aliphatic rings. The molecule has 6 atom stereocenters. The number of hydrogen-bond acceptors (Lipinski definition) is 4. The van der Waals surface area contributed by atoms with E-state index in [9.17, 15) is 19.2 Å². The molecule has 0 spiro atoms. The number of carbonyl (C=O) groups excluding carboxylic acids is 4. The normalized spacial score (nSPS) is 31.2. The molecule has 2 saturated carbocycles. The van der Waals surface area contributed by atoms with Gasteiger partial charge in [-0.25, -0.2) is 0 Å². The molecule has 216 valence electrons. The first-order valence-electron chi connectivity index (χ1n) is 15.6. The quantitative estimate of drug-likeness (QED) is 0.332. The second-order valence-electron chi connectivity index (χ2n) is 13.4. The van der Waals surface area contributed by atoms with E-state index in [4.69, 9.17) is 0 Å². The minimum Gasteiger partial charge on any atom is -0.338 e. The molecule has 0 aromatic heterocycles. The average Bonchev–Trinajstić information content (AvgIpc) is 3.59. The molecule has 4 rings (SSSR count). The van der Waals surface area contributed by atoms with Crippen LogP contribution in [0.3, 0.4) is 0 Å². The van der Waals surface area contributed by atoms with E-state index in [1.165, 1.54) is 32.1 Å². The van der Waals surface area contributed by atoms with E-state index in [0.29, 0.717) is 85.4 Å². The minimum absolute atomic E-state index is 0.00354. The molecule has 0 N–H and O–H groups in total. The van der Waals surface area contributed by atoms with Crippen molar-refractivity contribution in [3.63, 3.8) is 0 Å². The second kappa shape index (κ2) is 13.4. The van der Waals surface area contributed by atoms with Crippen molar-refractivity contribution in [1.82, 2.24) is 9.80 Å². The van der Waals surface area contributed by atoms with Crippen molar-refractivity contribution in [3.05, 3.63) is 24.3 Å². The van der Waals surface area contributed by atoms with E-state index in [-0.39, 0.29) is 23.7 Å². The number of nitrogens with zero attached hydrogens (tertiary/aromatic N) is 2. The van der Waals surface area contributed by atoms with Gasteiger partial charge in [-0.15, -0.1) is 0 Å². The number of amides is 2. The highest BCUT2D eigenvalue weighted by Gasteiger charge is 2.36. The molecule has 0 bridgehead atoms. The summed E-state index contributed by atoms with van der Waals surface area (Å²) in [5.41, 5.74) is 1.10. The predicted molar refractivity (Wildman–Crippen MR) is 154 cm³/mol. The Morgan fingerprint density at radius 1 is 0.615 bits per heavy atom. The molecule has 6 nitrogen and oxygen atoms in total. The van der Waals surface area contributed by atoms with Gasteiger partial charge in [0.2, 0.25) is 11.8 Å². The Kier molecular flexibility index (Phi) is 10.2. The monoisotopic (exact) mass is 538 g/mol. The lowest BCUT2D eigenvalue weighted by atomic mass is 9.70. The van der Waals surface area contributed by atoms with Crippen molar-refractivity contribution < 1.29 is 19.2 Å². The molecule has 39 heavy (non-hydrogen) atoms. The maximum atomic E-state index is 13.1. The van der Waals surface area contributed by atoms with Crippen LogP contribution in [0.15, 0.2) is 24.3 Å². The molecule has 4 fully saturated rings. The summed E-state index contributed by atoms with van der Waals surface area (Å²) < 4.78 is 0. The largest absolute Gasteiger partial charge is 0.338 e.